The smallest absolute Gasteiger partial charge is 0.242 e. The molecule has 0 aromatic heterocycles. The van der Waals surface area contributed by atoms with Crippen LogP contribution < -0.4 is 10.9 Å². The SMILES string of the molecule is NN(c1ccccc1)C(F)(F)C(F)(F)F. The normalized spacial score (nSPS) is 12.7. The predicted molar refractivity (Wildman–Crippen MR) is 44.1 cm³/mol. The van der Waals surface area contributed by atoms with Gasteiger partial charge in [-0.05, 0) is 12.1 Å². The van der Waals surface area contributed by atoms with Gasteiger partial charge in [0.2, 0.25) is 0 Å². The van der Waals surface area contributed by atoms with Crippen molar-refractivity contribution < 1.29 is 22.0 Å². The zero-order valence-electron chi connectivity index (χ0n) is 7.30. The first-order valence-corrected chi connectivity index (χ1v) is 3.81. The monoisotopic (exact) mass is 226 g/mol. The van der Waals surface area contributed by atoms with Gasteiger partial charge in [-0.15, -0.1) is 0 Å². The lowest BCUT2D eigenvalue weighted by molar-refractivity contribution is -0.281. The van der Waals surface area contributed by atoms with Gasteiger partial charge in [0.05, 0.1) is 5.69 Å². The number of para-hydroxylation sites is 1. The maximum Gasteiger partial charge on any atom is 0.476 e. The fourth-order valence-electron chi connectivity index (χ4n) is 0.887. The summed E-state index contributed by atoms with van der Waals surface area (Å²) in [5.74, 6) is 4.72. The van der Waals surface area contributed by atoms with Crippen LogP contribution in [-0.4, -0.2) is 12.2 Å². The van der Waals surface area contributed by atoms with E-state index in [4.69, 9.17) is 5.84 Å². The first-order chi connectivity index (χ1) is 6.77. The molecule has 0 aliphatic heterocycles. The molecule has 1 aromatic rings. The van der Waals surface area contributed by atoms with Crippen molar-refractivity contribution in [2.24, 2.45) is 5.84 Å². The van der Waals surface area contributed by atoms with E-state index in [0.717, 1.165) is 12.1 Å². The molecule has 0 saturated heterocycles. The molecule has 0 saturated carbocycles. The molecule has 1 aromatic carbocycles. The maximum absolute atomic E-state index is 12.7. The Balaban J connectivity index is 3.00. The first-order valence-electron chi connectivity index (χ1n) is 3.81. The second-order valence-electron chi connectivity index (χ2n) is 2.74. The van der Waals surface area contributed by atoms with Gasteiger partial charge >= 0.3 is 12.2 Å². The molecule has 0 aliphatic carbocycles. The van der Waals surface area contributed by atoms with Crippen LogP contribution in [0.1, 0.15) is 0 Å². The highest BCUT2D eigenvalue weighted by molar-refractivity contribution is 5.45. The number of nitrogens with two attached hydrogens (primary N) is 1. The summed E-state index contributed by atoms with van der Waals surface area (Å²) in [4.78, 5) is 0. The van der Waals surface area contributed by atoms with E-state index in [0.29, 0.717) is 0 Å². The van der Waals surface area contributed by atoms with Crippen molar-refractivity contribution in [2.75, 3.05) is 5.01 Å². The van der Waals surface area contributed by atoms with Crippen LogP contribution in [0.15, 0.2) is 30.3 Å². The summed E-state index contributed by atoms with van der Waals surface area (Å²) in [6.45, 7) is 0. The summed E-state index contributed by atoms with van der Waals surface area (Å²) in [5.41, 5.74) is -0.417. The highest BCUT2D eigenvalue weighted by atomic mass is 19.4. The number of nitrogens with zero attached hydrogens (tertiary/aromatic N) is 1. The molecule has 0 aliphatic rings. The Morgan fingerprint density at radius 2 is 1.40 bits per heavy atom. The van der Waals surface area contributed by atoms with Crippen molar-refractivity contribution in [1.82, 2.24) is 0 Å². The van der Waals surface area contributed by atoms with Crippen LogP contribution in [0.2, 0.25) is 0 Å². The summed E-state index contributed by atoms with van der Waals surface area (Å²) in [6.07, 6.45) is -5.71. The zero-order chi connectivity index (χ0) is 11.7. The third-order valence-electron chi connectivity index (χ3n) is 1.68. The highest BCUT2D eigenvalue weighted by Crippen LogP contribution is 2.38. The number of halogens is 5. The lowest BCUT2D eigenvalue weighted by atomic mass is 10.3. The van der Waals surface area contributed by atoms with E-state index >= 15 is 0 Å². The molecule has 1 rings (SSSR count). The van der Waals surface area contributed by atoms with Crippen LogP contribution in [-0.2, 0) is 0 Å². The van der Waals surface area contributed by atoms with Crippen LogP contribution in [0.4, 0.5) is 27.6 Å². The van der Waals surface area contributed by atoms with Crippen molar-refractivity contribution in [3.05, 3.63) is 30.3 Å². The van der Waals surface area contributed by atoms with Gasteiger partial charge < -0.3 is 0 Å². The van der Waals surface area contributed by atoms with Crippen LogP contribution >= 0.6 is 0 Å². The van der Waals surface area contributed by atoms with E-state index < -0.39 is 22.9 Å². The summed E-state index contributed by atoms with van der Waals surface area (Å²) in [7, 11) is 0. The third-order valence-corrected chi connectivity index (χ3v) is 1.68. The number of hydrogen-bond acceptors (Lipinski definition) is 2. The van der Waals surface area contributed by atoms with E-state index in [1.807, 2.05) is 0 Å². The summed E-state index contributed by atoms with van der Waals surface area (Å²) < 4.78 is 61.1. The Morgan fingerprint density at radius 1 is 0.933 bits per heavy atom. The van der Waals surface area contributed by atoms with Crippen molar-refractivity contribution in [1.29, 1.82) is 0 Å². The first kappa shape index (κ1) is 11.7. The standard InChI is InChI=1S/C8H7F5N2/c9-7(10,11)8(12,13)15(14)6-4-2-1-3-5-6/h1-5H,14H2. The lowest BCUT2D eigenvalue weighted by Gasteiger charge is -2.29. The van der Waals surface area contributed by atoms with Gasteiger partial charge in [-0.3, -0.25) is 0 Å². The Morgan fingerprint density at radius 3 is 1.80 bits per heavy atom. The Hall–Kier alpha value is -1.37. The van der Waals surface area contributed by atoms with Gasteiger partial charge in [0, 0.05) is 0 Å². The van der Waals surface area contributed by atoms with Crippen molar-refractivity contribution in [3.8, 4) is 0 Å². The summed E-state index contributed by atoms with van der Waals surface area (Å²) >= 11 is 0. The summed E-state index contributed by atoms with van der Waals surface area (Å²) in [6, 6.07) is 1.11. The van der Waals surface area contributed by atoms with Gasteiger partial charge in [-0.1, -0.05) is 18.2 Å². The largest absolute Gasteiger partial charge is 0.476 e. The molecule has 7 heteroatoms. The topological polar surface area (TPSA) is 29.3 Å². The lowest BCUT2D eigenvalue weighted by Crippen LogP contribution is -2.56. The second kappa shape index (κ2) is 3.65. The Labute approximate surface area is 82.1 Å². The number of hydrogen-bond donors (Lipinski definition) is 1. The van der Waals surface area contributed by atoms with E-state index in [2.05, 4.69) is 0 Å². The fourth-order valence-corrected chi connectivity index (χ4v) is 0.887. The molecule has 0 fully saturated rings. The average Bonchev–Trinajstić information content (AvgIpc) is 2.16. The van der Waals surface area contributed by atoms with E-state index in [1.54, 1.807) is 0 Å². The molecule has 0 amide bonds. The van der Waals surface area contributed by atoms with E-state index in [1.165, 1.54) is 18.2 Å². The number of anilines is 1. The van der Waals surface area contributed by atoms with Crippen LogP contribution in [0, 0.1) is 0 Å². The van der Waals surface area contributed by atoms with Gasteiger partial charge in [-0.2, -0.15) is 22.0 Å². The minimum atomic E-state index is -5.71. The molecular weight excluding hydrogens is 219 g/mol. The number of rotatable bonds is 2. The van der Waals surface area contributed by atoms with Crippen molar-refractivity contribution >= 4 is 5.69 Å². The van der Waals surface area contributed by atoms with E-state index in [-0.39, 0.29) is 0 Å². The van der Waals surface area contributed by atoms with Gasteiger partial charge in [0.1, 0.15) is 0 Å². The molecule has 0 radical (unpaired) electrons. The Bertz CT molecular complexity index is 322. The van der Waals surface area contributed by atoms with Crippen LogP contribution in [0.5, 0.6) is 0 Å². The quantitative estimate of drug-likeness (QED) is 0.363. The molecule has 2 nitrogen and oxygen atoms in total. The Kier molecular flexibility index (Phi) is 2.85. The third kappa shape index (κ3) is 2.17. The fraction of sp³-hybridized carbons (Fsp3) is 0.250. The summed E-state index contributed by atoms with van der Waals surface area (Å²) in [5, 5.41) is -0.604. The molecule has 2 N–H and O–H groups in total. The minimum Gasteiger partial charge on any atom is -0.242 e. The maximum atomic E-state index is 12.7. The van der Waals surface area contributed by atoms with Gasteiger partial charge in [0.25, 0.3) is 0 Å². The van der Waals surface area contributed by atoms with Crippen molar-refractivity contribution in [3.63, 3.8) is 0 Å². The van der Waals surface area contributed by atoms with Crippen LogP contribution in [0.25, 0.3) is 0 Å². The molecule has 15 heavy (non-hydrogen) atoms. The number of hydrazine groups is 1. The van der Waals surface area contributed by atoms with E-state index in [9.17, 15) is 22.0 Å². The number of alkyl halides is 5. The zero-order valence-corrected chi connectivity index (χ0v) is 7.30. The molecule has 0 heterocycles. The predicted octanol–water partition coefficient (Wildman–Crippen LogP) is 2.52. The molecule has 0 bridgehead atoms. The molecule has 84 valence electrons. The van der Waals surface area contributed by atoms with Crippen molar-refractivity contribution in [2.45, 2.75) is 12.2 Å². The highest BCUT2D eigenvalue weighted by Gasteiger charge is 2.61. The van der Waals surface area contributed by atoms with Gasteiger partial charge in [-0.25, -0.2) is 10.9 Å². The van der Waals surface area contributed by atoms with Gasteiger partial charge in [0.15, 0.2) is 0 Å². The second-order valence-corrected chi connectivity index (χ2v) is 2.74. The average molecular weight is 226 g/mol. The van der Waals surface area contributed by atoms with Crippen LogP contribution in [0.3, 0.4) is 0 Å². The number of benzene rings is 1. The minimum absolute atomic E-state index is 0.417. The molecular formula is C8H7F5N2. The molecule has 0 spiro atoms. The molecule has 0 atom stereocenters. The molecule has 0 unspecified atom stereocenters.